The van der Waals surface area contributed by atoms with Crippen molar-refractivity contribution in [3.63, 3.8) is 0 Å². The van der Waals surface area contributed by atoms with Gasteiger partial charge in [-0.1, -0.05) is 0 Å². The molecule has 0 saturated carbocycles. The third kappa shape index (κ3) is 20.7. The zero-order chi connectivity index (χ0) is 19.5. The van der Waals surface area contributed by atoms with E-state index in [2.05, 4.69) is 10.6 Å². The normalized spacial score (nSPS) is 10.7. The SMILES string of the molecule is CC(=O)CCC(=O)NCCCOCCOCCOCCCNCC(C)=O. The summed E-state index contributed by atoms with van der Waals surface area (Å²) in [4.78, 5) is 32.8. The fourth-order valence-corrected chi connectivity index (χ4v) is 1.89. The fraction of sp³-hybridized carbons (Fsp3) is 0.833. The fourth-order valence-electron chi connectivity index (χ4n) is 1.89. The molecule has 0 aromatic rings. The van der Waals surface area contributed by atoms with E-state index >= 15 is 0 Å². The summed E-state index contributed by atoms with van der Waals surface area (Å²) in [5.41, 5.74) is 0. The Morgan fingerprint density at radius 2 is 1.23 bits per heavy atom. The summed E-state index contributed by atoms with van der Waals surface area (Å²) in [6.07, 6.45) is 2.13. The molecule has 0 fully saturated rings. The molecule has 0 aromatic carbocycles. The Hall–Kier alpha value is -1.35. The van der Waals surface area contributed by atoms with Gasteiger partial charge in [0.1, 0.15) is 11.6 Å². The molecule has 0 aliphatic heterocycles. The Bertz CT molecular complexity index is 390. The average Bonchev–Trinajstić information content (AvgIpc) is 2.59. The molecule has 2 N–H and O–H groups in total. The Morgan fingerprint density at radius 1 is 0.692 bits per heavy atom. The van der Waals surface area contributed by atoms with Crippen LogP contribution in [0.4, 0.5) is 0 Å². The number of ether oxygens (including phenoxy) is 3. The van der Waals surface area contributed by atoms with Crippen LogP contribution in [0, 0.1) is 0 Å². The number of hydrogen-bond acceptors (Lipinski definition) is 7. The summed E-state index contributed by atoms with van der Waals surface area (Å²) in [7, 11) is 0. The molecular weight excluding hydrogens is 340 g/mol. The van der Waals surface area contributed by atoms with E-state index in [4.69, 9.17) is 14.2 Å². The van der Waals surface area contributed by atoms with Crippen LogP contribution in [0.1, 0.15) is 39.5 Å². The quantitative estimate of drug-likeness (QED) is 0.317. The number of ketones is 2. The van der Waals surface area contributed by atoms with Crippen LogP contribution in [0.25, 0.3) is 0 Å². The van der Waals surface area contributed by atoms with Crippen LogP contribution in [-0.2, 0) is 28.6 Å². The molecule has 8 heteroatoms. The van der Waals surface area contributed by atoms with E-state index in [9.17, 15) is 14.4 Å². The second kappa shape index (κ2) is 18.4. The predicted molar refractivity (Wildman–Crippen MR) is 98.2 cm³/mol. The number of rotatable bonds is 19. The highest BCUT2D eigenvalue weighted by molar-refractivity contribution is 5.83. The van der Waals surface area contributed by atoms with Crippen LogP contribution in [0.3, 0.4) is 0 Å². The minimum atomic E-state index is -0.0989. The Morgan fingerprint density at radius 3 is 1.77 bits per heavy atom. The summed E-state index contributed by atoms with van der Waals surface area (Å²) < 4.78 is 16.2. The van der Waals surface area contributed by atoms with Crippen LogP contribution in [-0.4, -0.2) is 76.7 Å². The highest BCUT2D eigenvalue weighted by Crippen LogP contribution is 1.90. The molecule has 0 spiro atoms. The van der Waals surface area contributed by atoms with Crippen molar-refractivity contribution >= 4 is 17.5 Å². The van der Waals surface area contributed by atoms with Gasteiger partial charge in [-0.25, -0.2) is 0 Å². The molecule has 0 unspecified atom stereocenters. The monoisotopic (exact) mass is 374 g/mol. The number of carbonyl (C=O) groups excluding carboxylic acids is 3. The molecule has 8 nitrogen and oxygen atoms in total. The van der Waals surface area contributed by atoms with Crippen molar-refractivity contribution in [1.82, 2.24) is 10.6 Å². The van der Waals surface area contributed by atoms with Crippen molar-refractivity contribution in [1.29, 1.82) is 0 Å². The molecule has 152 valence electrons. The van der Waals surface area contributed by atoms with Crippen molar-refractivity contribution in [2.24, 2.45) is 0 Å². The van der Waals surface area contributed by atoms with Gasteiger partial charge in [0.2, 0.25) is 5.91 Å². The lowest BCUT2D eigenvalue weighted by molar-refractivity contribution is -0.124. The first-order chi connectivity index (χ1) is 12.5. The highest BCUT2D eigenvalue weighted by atomic mass is 16.5. The average molecular weight is 374 g/mol. The molecule has 0 saturated heterocycles. The Kier molecular flexibility index (Phi) is 17.5. The summed E-state index contributed by atoms with van der Waals surface area (Å²) in [6.45, 7) is 8.04. The van der Waals surface area contributed by atoms with Gasteiger partial charge < -0.3 is 29.6 Å². The smallest absolute Gasteiger partial charge is 0.220 e. The third-order valence-corrected chi connectivity index (χ3v) is 3.25. The lowest BCUT2D eigenvalue weighted by Crippen LogP contribution is -2.25. The van der Waals surface area contributed by atoms with Gasteiger partial charge in [0.15, 0.2) is 0 Å². The first kappa shape index (κ1) is 24.7. The largest absolute Gasteiger partial charge is 0.379 e. The molecule has 0 radical (unpaired) electrons. The summed E-state index contributed by atoms with van der Waals surface area (Å²) >= 11 is 0. The van der Waals surface area contributed by atoms with Crippen molar-refractivity contribution in [2.75, 3.05) is 59.3 Å². The van der Waals surface area contributed by atoms with Crippen molar-refractivity contribution < 1.29 is 28.6 Å². The van der Waals surface area contributed by atoms with E-state index in [1.165, 1.54) is 6.92 Å². The number of hydrogen-bond donors (Lipinski definition) is 2. The number of Topliss-reactive ketones (excluding diaryl/α,β-unsaturated/α-hetero) is 2. The van der Waals surface area contributed by atoms with E-state index in [1.807, 2.05) is 0 Å². The molecule has 0 aromatic heterocycles. The number of amides is 1. The Balaban J connectivity index is 3.12. The van der Waals surface area contributed by atoms with Crippen molar-refractivity contribution in [3.05, 3.63) is 0 Å². The van der Waals surface area contributed by atoms with E-state index in [0.29, 0.717) is 59.2 Å². The molecular formula is C18H34N2O6. The lowest BCUT2D eigenvalue weighted by atomic mass is 10.2. The van der Waals surface area contributed by atoms with Crippen LogP contribution >= 0.6 is 0 Å². The molecule has 0 heterocycles. The van der Waals surface area contributed by atoms with E-state index in [-0.39, 0.29) is 23.9 Å². The maximum atomic E-state index is 11.4. The first-order valence-corrected chi connectivity index (χ1v) is 9.22. The molecule has 26 heavy (non-hydrogen) atoms. The molecule has 0 atom stereocenters. The summed E-state index contributed by atoms with van der Waals surface area (Å²) in [6, 6.07) is 0. The topological polar surface area (TPSA) is 103 Å². The number of carbonyl (C=O) groups is 3. The van der Waals surface area contributed by atoms with Gasteiger partial charge in [0.25, 0.3) is 0 Å². The van der Waals surface area contributed by atoms with Crippen molar-refractivity contribution in [3.8, 4) is 0 Å². The van der Waals surface area contributed by atoms with E-state index in [1.54, 1.807) is 6.92 Å². The molecule has 0 aliphatic rings. The second-order valence-electron chi connectivity index (χ2n) is 5.97. The summed E-state index contributed by atoms with van der Waals surface area (Å²) in [5, 5.41) is 5.77. The standard InChI is InChI=1S/C18H34N2O6/c1-16(21)5-6-18(23)20-8-4-10-25-12-14-26-13-11-24-9-3-7-19-15-17(2)22/h19H,3-15H2,1-2H3,(H,20,23). The minimum Gasteiger partial charge on any atom is -0.379 e. The van der Waals surface area contributed by atoms with Gasteiger partial charge in [-0.3, -0.25) is 9.59 Å². The third-order valence-electron chi connectivity index (χ3n) is 3.25. The van der Waals surface area contributed by atoms with Crippen LogP contribution in [0.2, 0.25) is 0 Å². The Labute approximate surface area is 156 Å². The van der Waals surface area contributed by atoms with Crippen molar-refractivity contribution in [2.45, 2.75) is 39.5 Å². The van der Waals surface area contributed by atoms with E-state index < -0.39 is 0 Å². The molecule has 1 amide bonds. The van der Waals surface area contributed by atoms with Gasteiger partial charge in [0, 0.05) is 32.6 Å². The summed E-state index contributed by atoms with van der Waals surface area (Å²) in [5.74, 6) is 0.0599. The maximum absolute atomic E-state index is 11.4. The molecule has 0 bridgehead atoms. The van der Waals surface area contributed by atoms with Crippen LogP contribution in [0.5, 0.6) is 0 Å². The van der Waals surface area contributed by atoms with E-state index in [0.717, 1.165) is 19.4 Å². The van der Waals surface area contributed by atoms with Gasteiger partial charge in [-0.05, 0) is 33.2 Å². The van der Waals surface area contributed by atoms with Gasteiger partial charge in [-0.15, -0.1) is 0 Å². The molecule has 0 rings (SSSR count). The van der Waals surface area contributed by atoms with Gasteiger partial charge in [0.05, 0.1) is 33.0 Å². The zero-order valence-electron chi connectivity index (χ0n) is 16.1. The highest BCUT2D eigenvalue weighted by Gasteiger charge is 2.02. The van der Waals surface area contributed by atoms with Gasteiger partial charge >= 0.3 is 0 Å². The second-order valence-corrected chi connectivity index (χ2v) is 5.97. The van der Waals surface area contributed by atoms with Crippen LogP contribution in [0.15, 0.2) is 0 Å². The maximum Gasteiger partial charge on any atom is 0.220 e. The number of nitrogens with one attached hydrogen (secondary N) is 2. The lowest BCUT2D eigenvalue weighted by Gasteiger charge is -2.08. The van der Waals surface area contributed by atoms with Gasteiger partial charge in [-0.2, -0.15) is 0 Å². The van der Waals surface area contributed by atoms with Crippen LogP contribution < -0.4 is 10.6 Å². The first-order valence-electron chi connectivity index (χ1n) is 9.22. The minimum absolute atomic E-state index is 0.0237. The molecule has 0 aliphatic carbocycles. The zero-order valence-corrected chi connectivity index (χ0v) is 16.1. The predicted octanol–water partition coefficient (Wildman–Crippen LogP) is 0.480.